The molecule has 7 heterocycles. The van der Waals surface area contributed by atoms with E-state index in [1.165, 1.54) is 90.4 Å². The molecule has 15 rings (SSSR count). The number of aromatic nitrogens is 8. The maximum atomic E-state index is 12.9. The maximum Gasteiger partial charge on any atom is 0.314 e. The van der Waals surface area contributed by atoms with Crippen LogP contribution in [-0.4, -0.2) is 194 Å². The number of nitrogens with one attached hydrogen (secondary N) is 11. The number of imidazole rings is 4. The number of rotatable bonds is 28. The first-order valence-electron chi connectivity index (χ1n) is 48.3. The summed E-state index contributed by atoms with van der Waals surface area (Å²) in [5, 5.41) is 22.2. The molecule has 5 amide bonds. The highest BCUT2D eigenvalue weighted by Gasteiger charge is 2.36. The number of ether oxygens (including phenoxy) is 1. The number of amides is 5. The average Bonchev–Trinajstić information content (AvgIpc) is 1.14. The molecule has 28 heteroatoms. The van der Waals surface area contributed by atoms with Gasteiger partial charge in [0.05, 0.1) is 31.8 Å². The lowest BCUT2D eigenvalue weighted by atomic mass is 9.76. The van der Waals surface area contributed by atoms with E-state index in [1.807, 2.05) is 31.2 Å². The zero-order valence-corrected chi connectivity index (χ0v) is 82.8. The number of H-pyrrole nitrogens is 4. The van der Waals surface area contributed by atoms with Crippen molar-refractivity contribution in [3.05, 3.63) is 230 Å². The molecule has 0 bridgehead atoms. The van der Waals surface area contributed by atoms with Gasteiger partial charge in [0.1, 0.15) is 0 Å². The summed E-state index contributed by atoms with van der Waals surface area (Å²) in [6.45, 7) is 74.3. The number of allylic oxidation sites excluding steroid dienone is 8. The number of piperazine rings is 1. The van der Waals surface area contributed by atoms with Gasteiger partial charge in [-0.1, -0.05) is 131 Å². The Morgan fingerprint density at radius 2 is 0.800 bits per heavy atom. The second-order valence-electron chi connectivity index (χ2n) is 41.8. The molecule has 8 aromatic rings. The number of hydrogen-bond acceptors (Lipinski definition) is 16. The molecule has 28 nitrogen and oxygen atoms in total. The van der Waals surface area contributed by atoms with E-state index in [2.05, 4.69) is 288 Å². The summed E-state index contributed by atoms with van der Waals surface area (Å²) in [5.74, 6) is 0.192. The molecule has 0 unspecified atom stereocenters. The van der Waals surface area contributed by atoms with Crippen LogP contribution in [0.5, 0.6) is 0 Å². The van der Waals surface area contributed by atoms with Gasteiger partial charge in [-0.3, -0.25) is 48.7 Å². The van der Waals surface area contributed by atoms with Crippen molar-refractivity contribution in [3.63, 3.8) is 0 Å². The van der Waals surface area contributed by atoms with Gasteiger partial charge < -0.3 is 71.3 Å². The first-order valence-corrected chi connectivity index (χ1v) is 48.3. The molecule has 135 heavy (non-hydrogen) atoms. The number of morpholine rings is 1. The molecule has 0 spiro atoms. The molecule has 718 valence electrons. The molecule has 7 aliphatic rings. The molecule has 4 aromatic heterocycles. The molecule has 11 N–H and O–H groups in total. The number of nitrogens with zero attached hydrogens (tertiary/aromatic N) is 11. The van der Waals surface area contributed by atoms with Crippen LogP contribution in [0.3, 0.4) is 0 Å². The van der Waals surface area contributed by atoms with Gasteiger partial charge in [-0.2, -0.15) is 0 Å². The van der Waals surface area contributed by atoms with E-state index < -0.39 is 0 Å². The quantitative estimate of drug-likeness (QED) is 0.0160. The van der Waals surface area contributed by atoms with Crippen LogP contribution in [0.2, 0.25) is 0 Å². The monoisotopic (exact) mass is 1830 g/mol. The van der Waals surface area contributed by atoms with Gasteiger partial charge in [0.25, 0.3) is 23.4 Å². The predicted molar refractivity (Wildman–Crippen MR) is 542 cm³/mol. The lowest BCUT2D eigenvalue weighted by Gasteiger charge is -2.44. The van der Waals surface area contributed by atoms with Crippen molar-refractivity contribution in [1.82, 2.24) is 75.4 Å². The summed E-state index contributed by atoms with van der Waals surface area (Å²) in [7, 11) is 0. The molecule has 3 aliphatic heterocycles. The molecule has 3 saturated heterocycles. The number of aryl methyl sites for hydroxylation is 1. The fourth-order valence-electron chi connectivity index (χ4n) is 18.3. The van der Waals surface area contributed by atoms with Gasteiger partial charge >= 0.3 is 17.7 Å². The molecule has 4 aliphatic carbocycles. The summed E-state index contributed by atoms with van der Waals surface area (Å²) in [5.41, 5.74) is 18.8. The van der Waals surface area contributed by atoms with Crippen molar-refractivity contribution in [2.45, 2.75) is 231 Å². The summed E-state index contributed by atoms with van der Waals surface area (Å²) in [6, 6.07) is 25.3. The van der Waals surface area contributed by atoms with Gasteiger partial charge in [0, 0.05) is 152 Å². The molecule has 4 aromatic carbocycles. The minimum Gasteiger partial charge on any atom is -0.379 e. The number of anilines is 4. The largest absolute Gasteiger partial charge is 0.379 e. The molecule has 0 radical (unpaired) electrons. The van der Waals surface area contributed by atoms with Crippen LogP contribution in [0.15, 0.2) is 122 Å². The molecule has 0 atom stereocenters. The zero-order valence-electron chi connectivity index (χ0n) is 82.8. The standard InChI is InChI=1S/2C28H38N6O.C26H34N6O2.C25H34N4O2/c1-27(2)12-10-20(11-13-27)22-18-21(28(3,4)31-14-17-34-15-6-7-16-34)8-9-23(22)32-26(35)25-30-19-24(29-5)33-25;1-7-33-14-16-34(17-15-33)28(4,5)21-8-9-23(31-26(35)25-30-19-24(29-6)32-25)22(18-21)20-10-12-27(2,3)13-11-20;1-17(33)28-13-14-30-26(4,5)19-7-8-21(31-24(34)23-29-16-22(27-6)32-23)20(15-19)18-9-11-25(2,3)12-10-18;1-18-17-26-23(27-18)24(30)28-22-5-4-19(8-11-29-12-14-31-15-13-29)16-21(22)20-6-9-25(2,3)10-7-20/h8-10,18-19,31H,6-7,11-17H2,1-4H3,(H,30,33)(H,32,35);8-10,18-19H,7,11-17H2,1-5H3,(H,30,32)(H,31,35);7-9,15-16,30H,10-14H2,1-5H3,(H,28,33)(H,29,32)(H,31,34);4-6,16-17H,7-15H2,1-3H3,(H,26,27)(H,28,30). The Hall–Kier alpha value is -11.8. The Kier molecular flexibility index (Phi) is 34.2. The number of carbonyl (C=O) groups is 5. The van der Waals surface area contributed by atoms with Gasteiger partial charge in [-0.15, -0.1) is 0 Å². The normalized spacial score (nSPS) is 17.9. The lowest BCUT2D eigenvalue weighted by Crippen LogP contribution is -2.53. The first kappa shape index (κ1) is 102. The smallest absolute Gasteiger partial charge is 0.314 e. The van der Waals surface area contributed by atoms with E-state index in [0.29, 0.717) is 35.2 Å². The van der Waals surface area contributed by atoms with Crippen LogP contribution in [0.1, 0.15) is 293 Å². The summed E-state index contributed by atoms with van der Waals surface area (Å²) in [4.78, 5) is 110. The average molecular weight is 1830 g/mol. The van der Waals surface area contributed by atoms with E-state index in [1.54, 1.807) is 6.20 Å². The maximum absolute atomic E-state index is 12.9. The molecule has 0 saturated carbocycles. The summed E-state index contributed by atoms with van der Waals surface area (Å²) < 4.78 is 5.46. The number of aromatic amines is 4. The third-order valence-electron chi connectivity index (χ3n) is 27.9. The van der Waals surface area contributed by atoms with E-state index in [-0.39, 0.29) is 86.5 Å². The van der Waals surface area contributed by atoms with E-state index in [9.17, 15) is 24.0 Å². The predicted octanol–water partition coefficient (Wildman–Crippen LogP) is 20.6. The second kappa shape index (κ2) is 45.3. The fourth-order valence-corrected chi connectivity index (χ4v) is 18.3. The highest BCUT2D eigenvalue weighted by atomic mass is 16.5. The van der Waals surface area contributed by atoms with Gasteiger partial charge in [-0.05, 0) is 279 Å². The van der Waals surface area contributed by atoms with Crippen molar-refractivity contribution in [3.8, 4) is 0 Å². The first-order chi connectivity index (χ1) is 64.2. The van der Waals surface area contributed by atoms with Crippen LogP contribution >= 0.6 is 0 Å². The van der Waals surface area contributed by atoms with Crippen molar-refractivity contribution < 1.29 is 28.7 Å². The van der Waals surface area contributed by atoms with E-state index in [4.69, 9.17) is 24.5 Å². The van der Waals surface area contributed by atoms with Crippen LogP contribution in [0.4, 0.5) is 40.2 Å². The zero-order chi connectivity index (χ0) is 97.1. The number of carbonyl (C=O) groups excluding carboxylic acids is 5. The lowest BCUT2D eigenvalue weighted by molar-refractivity contribution is -0.118. The topological polar surface area (TPSA) is 320 Å². The Bertz CT molecular complexity index is 5760. The van der Waals surface area contributed by atoms with Crippen LogP contribution < -0.4 is 37.2 Å². The summed E-state index contributed by atoms with van der Waals surface area (Å²) >= 11 is 0. The number of hydrogen-bond donors (Lipinski definition) is 11. The van der Waals surface area contributed by atoms with Gasteiger partial charge in [0.2, 0.25) is 23.4 Å². The summed E-state index contributed by atoms with van der Waals surface area (Å²) in [6.07, 6.45) is 31.2. The highest BCUT2D eigenvalue weighted by Crippen LogP contribution is 2.47. The number of benzene rings is 4. The van der Waals surface area contributed by atoms with Crippen molar-refractivity contribution in [2.75, 3.05) is 126 Å². The highest BCUT2D eigenvalue weighted by molar-refractivity contribution is 6.06. The minimum atomic E-state index is -0.381. The third kappa shape index (κ3) is 28.4. The Balaban J connectivity index is 0.000000162. The SMILES string of the molecule is Cc1cnc(C(=O)Nc2ccc(CCN3CCOCC3)cc2C2=CCC(C)(C)CC2)[nH]1.[C-]#[N+]c1cnc(C(=O)Nc2ccc(C(C)(C)N3CCN(CC)CC3)cc2C2=CCC(C)(C)CC2)[nH]1.[C-]#[N+]c1cnc(C(=O)Nc2ccc(C(C)(C)NCCN3CCCC3)cc2C2=CCC(C)(C)CC2)[nH]1.[C-]#[N+]c1cnc(C(=O)Nc2ccc(C(C)(C)NCCNC(C)=O)cc2C2=CCC(C)(C)CC2)[nH]1. The number of likely N-dealkylation sites (N-methyl/N-ethyl adjacent to an activating group) is 1. The number of likely N-dealkylation sites (tertiary alicyclic amines) is 1. The Morgan fingerprint density at radius 1 is 0.437 bits per heavy atom. The van der Waals surface area contributed by atoms with Crippen LogP contribution in [0, 0.1) is 48.3 Å². The Morgan fingerprint density at radius 3 is 1.16 bits per heavy atom. The molecule has 3 fully saturated rings. The van der Waals surface area contributed by atoms with Crippen molar-refractivity contribution >= 4 is 92.0 Å². The second-order valence-corrected chi connectivity index (χ2v) is 41.8. The molecular formula is C107H144N22O6. The minimum absolute atomic E-state index is 0.0470. The van der Waals surface area contributed by atoms with Gasteiger partial charge in [-0.25, -0.2) is 19.9 Å². The van der Waals surface area contributed by atoms with Crippen molar-refractivity contribution in [2.24, 2.45) is 21.7 Å². The van der Waals surface area contributed by atoms with Crippen LogP contribution in [0.25, 0.3) is 36.8 Å². The van der Waals surface area contributed by atoms with Crippen LogP contribution in [-0.2, 0) is 32.6 Å². The van der Waals surface area contributed by atoms with Crippen molar-refractivity contribution in [1.29, 1.82) is 0 Å². The molecular weight excluding hydrogens is 1690 g/mol. The third-order valence-corrected chi connectivity index (χ3v) is 27.9. The Labute approximate surface area is 799 Å². The van der Waals surface area contributed by atoms with E-state index in [0.717, 1.165) is 218 Å². The fraction of sp³-hybridized carbons (Fsp3) is 0.514. The van der Waals surface area contributed by atoms with E-state index >= 15 is 0 Å². The van der Waals surface area contributed by atoms with Gasteiger partial charge in [0.15, 0.2) is 5.82 Å².